The van der Waals surface area contributed by atoms with Crippen LogP contribution in [0.25, 0.3) is 5.82 Å². The number of rotatable bonds is 1. The zero-order chi connectivity index (χ0) is 11.8. The molecule has 2 heterocycles. The van der Waals surface area contributed by atoms with Crippen LogP contribution in [0.2, 0.25) is 0 Å². The Balaban J connectivity index is 2.33. The van der Waals surface area contributed by atoms with Crippen LogP contribution in [-0.2, 0) is 6.18 Å². The molecule has 0 aliphatic carbocycles. The van der Waals surface area contributed by atoms with Crippen LogP contribution in [0.4, 0.5) is 18.9 Å². The quantitative estimate of drug-likeness (QED) is 0.799. The van der Waals surface area contributed by atoms with E-state index in [4.69, 9.17) is 5.73 Å². The van der Waals surface area contributed by atoms with E-state index in [1.807, 2.05) is 0 Å². The fourth-order valence-corrected chi connectivity index (χ4v) is 1.06. The first-order chi connectivity index (χ1) is 7.47. The van der Waals surface area contributed by atoms with Crippen LogP contribution in [0.15, 0.2) is 24.5 Å². The Kier molecular flexibility index (Phi) is 2.26. The van der Waals surface area contributed by atoms with Gasteiger partial charge in [0.15, 0.2) is 11.5 Å². The maximum atomic E-state index is 12.2. The highest BCUT2D eigenvalue weighted by molar-refractivity contribution is 5.34. The lowest BCUT2D eigenvalue weighted by molar-refractivity contribution is -0.141. The second-order valence-corrected chi connectivity index (χ2v) is 2.99. The molecule has 5 nitrogen and oxygen atoms in total. The maximum Gasteiger partial charge on any atom is 0.435 e. The minimum absolute atomic E-state index is 0.171. The fraction of sp³-hybridized carbons (Fsp3) is 0.125. The van der Waals surface area contributed by atoms with Gasteiger partial charge in [-0.05, 0) is 12.1 Å². The van der Waals surface area contributed by atoms with Crippen molar-refractivity contribution in [1.82, 2.24) is 20.0 Å². The van der Waals surface area contributed by atoms with Gasteiger partial charge in [0.2, 0.25) is 0 Å². The number of anilines is 1. The zero-order valence-electron chi connectivity index (χ0n) is 7.81. The van der Waals surface area contributed by atoms with Crippen molar-refractivity contribution < 1.29 is 13.2 Å². The number of alkyl halides is 3. The number of nitrogen functional groups attached to an aromatic ring is 1. The Hall–Kier alpha value is -2.12. The van der Waals surface area contributed by atoms with E-state index in [9.17, 15) is 13.2 Å². The summed E-state index contributed by atoms with van der Waals surface area (Å²) < 4.78 is 37.8. The molecule has 84 valence electrons. The van der Waals surface area contributed by atoms with Gasteiger partial charge in [0.25, 0.3) is 0 Å². The molecule has 0 radical (unpaired) electrons. The Morgan fingerprint density at radius 2 is 1.94 bits per heavy atom. The molecule has 0 aromatic carbocycles. The topological polar surface area (TPSA) is 69.6 Å². The Bertz CT molecular complexity index is 487. The van der Waals surface area contributed by atoms with Gasteiger partial charge >= 0.3 is 6.18 Å². The van der Waals surface area contributed by atoms with E-state index < -0.39 is 11.9 Å². The van der Waals surface area contributed by atoms with Gasteiger partial charge in [-0.25, -0.2) is 4.68 Å². The van der Waals surface area contributed by atoms with Crippen LogP contribution < -0.4 is 5.73 Å². The van der Waals surface area contributed by atoms with Crippen LogP contribution >= 0.6 is 0 Å². The number of halogens is 3. The van der Waals surface area contributed by atoms with Crippen molar-refractivity contribution in [3.8, 4) is 5.82 Å². The summed E-state index contributed by atoms with van der Waals surface area (Å²) in [4.78, 5) is 0. The number of aromatic nitrogens is 4. The smallest absolute Gasteiger partial charge is 0.396 e. The van der Waals surface area contributed by atoms with Gasteiger partial charge in [-0.2, -0.15) is 18.3 Å². The van der Waals surface area contributed by atoms with Gasteiger partial charge in [0.1, 0.15) is 0 Å². The van der Waals surface area contributed by atoms with Crippen molar-refractivity contribution in [3.63, 3.8) is 0 Å². The average molecular weight is 229 g/mol. The lowest BCUT2D eigenvalue weighted by Gasteiger charge is -2.04. The average Bonchev–Trinajstić information content (AvgIpc) is 2.64. The first kappa shape index (κ1) is 10.4. The van der Waals surface area contributed by atoms with E-state index in [-0.39, 0.29) is 5.82 Å². The van der Waals surface area contributed by atoms with Crippen LogP contribution in [-0.4, -0.2) is 20.0 Å². The van der Waals surface area contributed by atoms with Gasteiger partial charge in [-0.15, -0.1) is 10.2 Å². The zero-order valence-corrected chi connectivity index (χ0v) is 7.81. The van der Waals surface area contributed by atoms with E-state index in [2.05, 4.69) is 15.3 Å². The summed E-state index contributed by atoms with van der Waals surface area (Å²) in [6, 6.07) is 2.00. The van der Waals surface area contributed by atoms with Gasteiger partial charge in [0, 0.05) is 0 Å². The molecule has 8 heteroatoms. The predicted molar refractivity (Wildman–Crippen MR) is 48.6 cm³/mol. The largest absolute Gasteiger partial charge is 0.435 e. The standard InChI is InChI=1S/C8H6F3N5/c9-8(10,11)6-1-2-7(15-14-6)16-4-5(12)3-13-16/h1-4H,12H2. The molecule has 16 heavy (non-hydrogen) atoms. The maximum absolute atomic E-state index is 12.2. The van der Waals surface area contributed by atoms with Gasteiger partial charge < -0.3 is 5.73 Å². The van der Waals surface area contributed by atoms with Crippen LogP contribution in [0, 0.1) is 0 Å². The van der Waals surface area contributed by atoms with Gasteiger partial charge in [0.05, 0.1) is 18.1 Å². The van der Waals surface area contributed by atoms with Crippen molar-refractivity contribution in [3.05, 3.63) is 30.2 Å². The molecule has 0 amide bonds. The summed E-state index contributed by atoms with van der Waals surface area (Å²) >= 11 is 0. The van der Waals surface area contributed by atoms with Crippen molar-refractivity contribution in [2.75, 3.05) is 5.73 Å². The number of hydrogen-bond acceptors (Lipinski definition) is 4. The van der Waals surface area contributed by atoms with E-state index in [1.165, 1.54) is 23.1 Å². The van der Waals surface area contributed by atoms with Gasteiger partial charge in [-0.3, -0.25) is 0 Å². The molecule has 0 saturated carbocycles. The Morgan fingerprint density at radius 3 is 2.38 bits per heavy atom. The van der Waals surface area contributed by atoms with Crippen LogP contribution in [0.3, 0.4) is 0 Å². The van der Waals surface area contributed by atoms with E-state index in [1.54, 1.807) is 0 Å². The summed E-state index contributed by atoms with van der Waals surface area (Å²) in [5.74, 6) is 0.171. The molecule has 0 unspecified atom stereocenters. The molecule has 0 bridgehead atoms. The molecular weight excluding hydrogens is 223 g/mol. The molecule has 0 atom stereocenters. The molecule has 2 aromatic heterocycles. The second kappa shape index (κ2) is 3.47. The monoisotopic (exact) mass is 229 g/mol. The minimum atomic E-state index is -4.49. The van der Waals surface area contributed by atoms with E-state index in [0.717, 1.165) is 6.07 Å². The normalized spacial score (nSPS) is 11.7. The predicted octanol–water partition coefficient (Wildman–Crippen LogP) is 1.26. The fourth-order valence-electron chi connectivity index (χ4n) is 1.06. The Labute approximate surface area is 87.7 Å². The summed E-state index contributed by atoms with van der Waals surface area (Å²) in [6.07, 6.45) is -1.70. The molecule has 2 N–H and O–H groups in total. The summed E-state index contributed by atoms with van der Waals surface area (Å²) in [5.41, 5.74) is 4.75. The molecule has 0 saturated heterocycles. The van der Waals surface area contributed by atoms with Crippen molar-refractivity contribution in [1.29, 1.82) is 0 Å². The first-order valence-corrected chi connectivity index (χ1v) is 4.18. The summed E-state index contributed by atoms with van der Waals surface area (Å²) in [6.45, 7) is 0. The van der Waals surface area contributed by atoms with Gasteiger partial charge in [-0.1, -0.05) is 0 Å². The van der Waals surface area contributed by atoms with Crippen LogP contribution in [0.1, 0.15) is 5.69 Å². The van der Waals surface area contributed by atoms with Crippen LogP contribution in [0.5, 0.6) is 0 Å². The SMILES string of the molecule is Nc1cnn(-c2ccc(C(F)(F)F)nn2)c1. The Morgan fingerprint density at radius 1 is 1.19 bits per heavy atom. The number of nitrogens with two attached hydrogens (primary N) is 1. The highest BCUT2D eigenvalue weighted by Crippen LogP contribution is 2.26. The van der Waals surface area contributed by atoms with Crippen molar-refractivity contribution >= 4 is 5.69 Å². The molecule has 2 rings (SSSR count). The van der Waals surface area contributed by atoms with Crippen molar-refractivity contribution in [2.24, 2.45) is 0 Å². The lowest BCUT2D eigenvalue weighted by atomic mass is 10.4. The van der Waals surface area contributed by atoms with E-state index >= 15 is 0 Å². The summed E-state index contributed by atoms with van der Waals surface area (Å²) in [5, 5.41) is 10.2. The lowest BCUT2D eigenvalue weighted by Crippen LogP contribution is -2.10. The highest BCUT2D eigenvalue weighted by Gasteiger charge is 2.32. The molecular formula is C8H6F3N5. The van der Waals surface area contributed by atoms with E-state index in [0.29, 0.717) is 5.69 Å². The first-order valence-electron chi connectivity index (χ1n) is 4.18. The molecule has 2 aromatic rings. The summed E-state index contributed by atoms with van der Waals surface area (Å²) in [7, 11) is 0. The molecule has 0 aliphatic heterocycles. The van der Waals surface area contributed by atoms with Crippen molar-refractivity contribution in [2.45, 2.75) is 6.18 Å². The number of nitrogens with zero attached hydrogens (tertiary/aromatic N) is 4. The third kappa shape index (κ3) is 1.95. The number of hydrogen-bond donors (Lipinski definition) is 1. The molecule has 0 fully saturated rings. The third-order valence-electron chi connectivity index (χ3n) is 1.78. The third-order valence-corrected chi connectivity index (χ3v) is 1.78. The second-order valence-electron chi connectivity index (χ2n) is 2.99. The molecule has 0 spiro atoms. The highest BCUT2D eigenvalue weighted by atomic mass is 19.4. The molecule has 0 aliphatic rings. The minimum Gasteiger partial charge on any atom is -0.396 e.